The van der Waals surface area contributed by atoms with Crippen molar-refractivity contribution in [1.29, 1.82) is 0 Å². The Hall–Kier alpha value is -2.79. The Morgan fingerprint density at radius 3 is 1.77 bits per heavy atom. The van der Waals surface area contributed by atoms with E-state index < -0.39 is 32.5 Å². The Morgan fingerprint density at radius 1 is 0.672 bits per heavy atom. The number of unbranched alkanes of at least 4 members (excludes halogenated alkanes) is 13. The molecular formula is C52H90NO10P. The number of esters is 2. The van der Waals surface area contributed by atoms with E-state index in [-0.39, 0.29) is 32.2 Å². The lowest BCUT2D eigenvalue weighted by Crippen LogP contribution is -2.37. The number of carbonyl (C=O) groups is 2. The summed E-state index contributed by atoms with van der Waals surface area (Å²) in [5.41, 5.74) is 2.68. The van der Waals surface area contributed by atoms with E-state index in [0.29, 0.717) is 30.3 Å². The molecule has 1 unspecified atom stereocenters. The number of likely N-dealkylation sites (N-methyl/N-ethyl adjacent to an activating group) is 1. The van der Waals surface area contributed by atoms with Gasteiger partial charge in [-0.15, -0.1) is 0 Å². The van der Waals surface area contributed by atoms with Gasteiger partial charge in [0.15, 0.2) is 6.10 Å². The van der Waals surface area contributed by atoms with Crippen molar-refractivity contribution in [2.24, 2.45) is 0 Å². The second kappa shape index (κ2) is 37.3. The van der Waals surface area contributed by atoms with Crippen molar-refractivity contribution in [3.05, 3.63) is 71.3 Å². The van der Waals surface area contributed by atoms with Crippen LogP contribution in [0.2, 0.25) is 0 Å². The number of allylic oxidation sites excluding steroid dienone is 7. The largest absolute Gasteiger partial charge is 0.756 e. The number of nitrogens with zero attached hydrogens (tertiary/aromatic N) is 1. The fourth-order valence-corrected chi connectivity index (χ4v) is 7.63. The molecule has 368 valence electrons. The number of rotatable bonds is 41. The Balaban J connectivity index is 2.34. The normalized spacial score (nSPS) is 14.3. The average molecular weight is 920 g/mol. The van der Waals surface area contributed by atoms with E-state index in [1.165, 1.54) is 80.4 Å². The van der Waals surface area contributed by atoms with E-state index in [2.05, 4.69) is 52.0 Å². The van der Waals surface area contributed by atoms with Gasteiger partial charge in [0.05, 0.1) is 33.9 Å². The number of hydrogen-bond donors (Lipinski definition) is 1. The summed E-state index contributed by atoms with van der Waals surface area (Å²) in [5, 5.41) is 9.84. The van der Waals surface area contributed by atoms with Crippen LogP contribution in [0.3, 0.4) is 0 Å². The Morgan fingerprint density at radius 2 is 1.19 bits per heavy atom. The lowest BCUT2D eigenvalue weighted by molar-refractivity contribution is -0.870. The van der Waals surface area contributed by atoms with E-state index in [1.807, 2.05) is 45.4 Å². The van der Waals surface area contributed by atoms with Gasteiger partial charge in [0.25, 0.3) is 7.82 Å². The molecule has 0 saturated carbocycles. The van der Waals surface area contributed by atoms with Crippen LogP contribution in [0.5, 0.6) is 0 Å². The predicted molar refractivity (Wildman–Crippen MR) is 259 cm³/mol. The number of ether oxygens (including phenoxy) is 2. The number of carbonyl (C=O) groups excluding carboxylic acids is 2. The summed E-state index contributed by atoms with van der Waals surface area (Å²) >= 11 is 0. The van der Waals surface area contributed by atoms with E-state index >= 15 is 0 Å². The summed E-state index contributed by atoms with van der Waals surface area (Å²) in [5.74, 6) is 1.43. The topological polar surface area (TPSA) is 145 Å². The molecular weight excluding hydrogens is 830 g/mol. The molecule has 1 heterocycles. The number of phosphoric acid groups is 1. The quantitative estimate of drug-likeness (QED) is 0.0221. The lowest BCUT2D eigenvalue weighted by Gasteiger charge is -2.28. The SMILES string of the molecule is CCCCCc1oc(CCCCCCCCCCCCC(=O)OC[C@H](COP(=O)([O-])OCC[N+](C)(C)C)OC(=O)CCC/C=C\C/C=C\C/C=C\C/C=C\[C@H](O)CCCC)c(C)c1C. The maximum absolute atomic E-state index is 12.7. The monoisotopic (exact) mass is 920 g/mol. The number of hydrogen-bond acceptors (Lipinski definition) is 10. The van der Waals surface area contributed by atoms with Crippen LogP contribution in [0.1, 0.15) is 184 Å². The van der Waals surface area contributed by atoms with Gasteiger partial charge >= 0.3 is 11.9 Å². The molecule has 64 heavy (non-hydrogen) atoms. The average Bonchev–Trinajstić information content (AvgIpc) is 3.51. The molecule has 12 heteroatoms. The Labute approximate surface area is 389 Å². The van der Waals surface area contributed by atoms with E-state index in [9.17, 15) is 24.2 Å². The number of aliphatic hydroxyl groups is 1. The van der Waals surface area contributed by atoms with Gasteiger partial charge in [-0.1, -0.05) is 140 Å². The standard InChI is InChI=1S/C52H90NO10P/c1-8-10-30-37-49-45(3)46(4)50(63-49)38-32-27-23-19-16-17-20-24-28-33-39-51(55)59-43-48(44-61-64(57,58)60-42-41-53(5,6)7)62-52(56)40-34-29-25-21-15-13-12-14-18-22-26-31-36-47(54)35-11-9-2/h12-13,18,21-22,25,31,36,47-48,54H,8-11,14-17,19-20,23-24,26-30,32-35,37-44H2,1-7H3/b13-12-,22-18-,25-21-,36-31-/t47-,48-/m1/s1. The van der Waals surface area contributed by atoms with Crippen LogP contribution >= 0.6 is 7.82 Å². The van der Waals surface area contributed by atoms with E-state index in [0.717, 1.165) is 70.6 Å². The second-order valence-corrected chi connectivity index (χ2v) is 19.6. The highest BCUT2D eigenvalue weighted by Crippen LogP contribution is 2.38. The molecule has 1 N–H and O–H groups in total. The molecule has 0 aliphatic rings. The van der Waals surface area contributed by atoms with Gasteiger partial charge in [0, 0.05) is 25.7 Å². The van der Waals surface area contributed by atoms with Crippen molar-refractivity contribution in [3.8, 4) is 0 Å². The summed E-state index contributed by atoms with van der Waals surface area (Å²) in [4.78, 5) is 37.7. The molecule has 1 rings (SSSR count). The third kappa shape index (κ3) is 33.7. The maximum atomic E-state index is 12.7. The highest BCUT2D eigenvalue weighted by molar-refractivity contribution is 7.45. The fraction of sp³-hybridized carbons (Fsp3) is 0.731. The minimum atomic E-state index is -4.67. The Kier molecular flexibility index (Phi) is 34.5. The van der Waals surface area contributed by atoms with Crippen molar-refractivity contribution in [2.45, 2.75) is 200 Å². The molecule has 1 aromatic rings. The van der Waals surface area contributed by atoms with Gasteiger partial charge in [-0.05, 0) is 82.8 Å². The number of aliphatic hydroxyl groups excluding tert-OH is 1. The van der Waals surface area contributed by atoms with Crippen molar-refractivity contribution >= 4 is 19.8 Å². The molecule has 0 fully saturated rings. The predicted octanol–water partition coefficient (Wildman–Crippen LogP) is 12.2. The second-order valence-electron chi connectivity index (χ2n) is 18.2. The Bertz CT molecular complexity index is 1520. The van der Waals surface area contributed by atoms with Gasteiger partial charge in [0.2, 0.25) is 0 Å². The molecule has 0 radical (unpaired) electrons. The number of quaternary nitrogens is 1. The summed E-state index contributed by atoms with van der Waals surface area (Å²) in [6.07, 6.45) is 38.7. The smallest absolute Gasteiger partial charge is 0.306 e. The molecule has 0 aliphatic carbocycles. The lowest BCUT2D eigenvalue weighted by atomic mass is 10.0. The van der Waals surface area contributed by atoms with Crippen LogP contribution in [0, 0.1) is 13.8 Å². The molecule has 11 nitrogen and oxygen atoms in total. The van der Waals surface area contributed by atoms with Crippen LogP contribution in [0.15, 0.2) is 53.0 Å². The minimum Gasteiger partial charge on any atom is -0.756 e. The molecule has 1 aromatic heterocycles. The van der Waals surface area contributed by atoms with Gasteiger partial charge in [-0.25, -0.2) is 0 Å². The zero-order valence-electron chi connectivity index (χ0n) is 41.3. The molecule has 0 aromatic carbocycles. The van der Waals surface area contributed by atoms with E-state index in [4.69, 9.17) is 22.9 Å². The summed E-state index contributed by atoms with van der Waals surface area (Å²) < 4.78 is 40.2. The third-order valence-corrected chi connectivity index (χ3v) is 12.1. The fourth-order valence-electron chi connectivity index (χ4n) is 6.90. The first kappa shape index (κ1) is 59.2. The van der Waals surface area contributed by atoms with Gasteiger partial charge in [-0.3, -0.25) is 14.2 Å². The zero-order chi connectivity index (χ0) is 47.3. The number of phosphoric ester groups is 1. The third-order valence-electron chi connectivity index (χ3n) is 11.1. The van der Waals surface area contributed by atoms with Crippen molar-refractivity contribution < 1.29 is 51.6 Å². The van der Waals surface area contributed by atoms with Crippen molar-refractivity contribution in [3.63, 3.8) is 0 Å². The molecule has 0 bridgehead atoms. The van der Waals surface area contributed by atoms with Crippen LogP contribution < -0.4 is 4.89 Å². The minimum absolute atomic E-state index is 0.0553. The van der Waals surface area contributed by atoms with E-state index in [1.54, 1.807) is 0 Å². The number of furan rings is 1. The molecule has 0 amide bonds. The van der Waals surface area contributed by atoms with Crippen LogP contribution in [0.25, 0.3) is 0 Å². The number of aryl methyl sites for hydroxylation is 2. The highest BCUT2D eigenvalue weighted by Gasteiger charge is 2.22. The zero-order valence-corrected chi connectivity index (χ0v) is 42.2. The first-order valence-corrected chi connectivity index (χ1v) is 26.3. The van der Waals surface area contributed by atoms with Gasteiger partial charge < -0.3 is 37.4 Å². The molecule has 0 aliphatic heterocycles. The summed E-state index contributed by atoms with van der Waals surface area (Å²) in [6, 6.07) is 0. The maximum Gasteiger partial charge on any atom is 0.306 e. The van der Waals surface area contributed by atoms with Crippen LogP contribution in [-0.2, 0) is 45.5 Å². The van der Waals surface area contributed by atoms with Gasteiger partial charge in [-0.2, -0.15) is 0 Å². The summed E-state index contributed by atoms with van der Waals surface area (Å²) in [7, 11) is 1.08. The van der Waals surface area contributed by atoms with Crippen molar-refractivity contribution in [1.82, 2.24) is 0 Å². The molecule has 0 saturated heterocycles. The van der Waals surface area contributed by atoms with Crippen molar-refractivity contribution in [2.75, 3.05) is 47.5 Å². The molecule has 3 atom stereocenters. The first-order valence-electron chi connectivity index (χ1n) is 24.8. The molecule has 0 spiro atoms. The van der Waals surface area contributed by atoms with Crippen LogP contribution in [-0.4, -0.2) is 81.2 Å². The first-order chi connectivity index (χ1) is 30.7. The van der Waals surface area contributed by atoms with Crippen LogP contribution in [0.4, 0.5) is 0 Å². The summed E-state index contributed by atoms with van der Waals surface area (Å²) in [6.45, 7) is 8.33. The highest BCUT2D eigenvalue weighted by atomic mass is 31.2. The van der Waals surface area contributed by atoms with Gasteiger partial charge in [0.1, 0.15) is 31.3 Å².